The van der Waals surface area contributed by atoms with Crippen molar-refractivity contribution in [1.29, 1.82) is 0 Å². The third-order valence-electron chi connectivity index (χ3n) is 7.33. The Morgan fingerprint density at radius 1 is 0.800 bits per heavy atom. The van der Waals surface area contributed by atoms with Crippen LogP contribution in [0.2, 0.25) is 0 Å². The Hall–Kier alpha value is -2.04. The van der Waals surface area contributed by atoms with Gasteiger partial charge in [0.2, 0.25) is 0 Å². The third-order valence-corrected chi connectivity index (χ3v) is 7.33. The molecule has 3 nitrogen and oxygen atoms in total. The minimum absolute atomic E-state index is 0.0957. The summed E-state index contributed by atoms with van der Waals surface area (Å²) in [6, 6.07) is 3.26. The van der Waals surface area contributed by atoms with Crippen LogP contribution in [-0.4, -0.2) is 16.6 Å². The van der Waals surface area contributed by atoms with Gasteiger partial charge in [-0.1, -0.05) is 103 Å². The first-order valence-corrected chi connectivity index (χ1v) is 14.1. The first-order chi connectivity index (χ1) is 17.2. The summed E-state index contributed by atoms with van der Waals surface area (Å²) in [5, 5.41) is 0. The van der Waals surface area contributed by atoms with Crippen LogP contribution in [0.3, 0.4) is 0 Å². The lowest BCUT2D eigenvalue weighted by molar-refractivity contribution is 0.301. The van der Waals surface area contributed by atoms with Crippen molar-refractivity contribution >= 4 is 0 Å². The molecule has 0 spiro atoms. The van der Waals surface area contributed by atoms with E-state index in [0.29, 0.717) is 24.3 Å². The molecule has 0 radical (unpaired) electrons. The molecule has 0 saturated heterocycles. The van der Waals surface area contributed by atoms with Gasteiger partial charge in [0.05, 0.1) is 24.6 Å². The number of ether oxygens (including phenoxy) is 1. The molecule has 5 heteroatoms. The van der Waals surface area contributed by atoms with Crippen molar-refractivity contribution in [1.82, 2.24) is 9.97 Å². The third kappa shape index (κ3) is 9.50. The van der Waals surface area contributed by atoms with E-state index in [1.807, 2.05) is 0 Å². The summed E-state index contributed by atoms with van der Waals surface area (Å²) in [4.78, 5) is 8.44. The zero-order valence-corrected chi connectivity index (χ0v) is 21.7. The lowest BCUT2D eigenvalue weighted by atomic mass is 9.99. The van der Waals surface area contributed by atoms with Crippen molar-refractivity contribution in [3.05, 3.63) is 41.7 Å². The summed E-state index contributed by atoms with van der Waals surface area (Å²) in [6.45, 7) is 2.81. The Balaban J connectivity index is 1.35. The van der Waals surface area contributed by atoms with Crippen molar-refractivity contribution in [3.8, 4) is 17.1 Å². The number of hydrogen-bond acceptors (Lipinski definition) is 3. The van der Waals surface area contributed by atoms with E-state index in [1.54, 1.807) is 24.5 Å². The molecule has 0 bridgehead atoms. The van der Waals surface area contributed by atoms with Gasteiger partial charge in [0, 0.05) is 0 Å². The molecule has 194 valence electrons. The van der Waals surface area contributed by atoms with Crippen LogP contribution in [0.25, 0.3) is 11.4 Å². The zero-order valence-electron chi connectivity index (χ0n) is 21.7. The van der Waals surface area contributed by atoms with Gasteiger partial charge in [0.15, 0.2) is 23.2 Å². The molecule has 3 rings (SSSR count). The number of hydrogen-bond donors (Lipinski definition) is 0. The lowest BCUT2D eigenvalue weighted by Crippen LogP contribution is -2.01. The number of unbranched alkanes of at least 4 members (excludes halogenated alkanes) is 9. The summed E-state index contributed by atoms with van der Waals surface area (Å²) in [5.74, 6) is 0.102. The van der Waals surface area contributed by atoms with Crippen LogP contribution in [0.5, 0.6) is 5.75 Å². The van der Waals surface area contributed by atoms with Gasteiger partial charge in [-0.25, -0.2) is 18.7 Å². The summed E-state index contributed by atoms with van der Waals surface area (Å²) >= 11 is 0. The van der Waals surface area contributed by atoms with Gasteiger partial charge in [-0.3, -0.25) is 0 Å². The number of halogens is 2. The van der Waals surface area contributed by atoms with Crippen molar-refractivity contribution in [3.63, 3.8) is 0 Å². The SMILES string of the molecule is CCCCCCCCc1ccc(-c2ncc(OCCCCCCCC3CCCC3)cn2)c(F)c1F. The van der Waals surface area contributed by atoms with Crippen LogP contribution in [0.15, 0.2) is 24.5 Å². The Kier molecular flexibility index (Phi) is 12.5. The molecule has 35 heavy (non-hydrogen) atoms. The summed E-state index contributed by atoms with van der Waals surface area (Å²) < 4.78 is 35.0. The highest BCUT2D eigenvalue weighted by atomic mass is 19.2. The van der Waals surface area contributed by atoms with Gasteiger partial charge in [-0.15, -0.1) is 0 Å². The molecular formula is C30H44F2N2O. The summed E-state index contributed by atoms with van der Waals surface area (Å²) in [7, 11) is 0. The number of aryl methyl sites for hydroxylation is 1. The van der Waals surface area contributed by atoms with E-state index in [1.165, 1.54) is 77.0 Å². The number of rotatable bonds is 17. The fourth-order valence-electron chi connectivity index (χ4n) is 5.14. The van der Waals surface area contributed by atoms with Gasteiger partial charge in [-0.2, -0.15) is 0 Å². The average Bonchev–Trinajstić information content (AvgIpc) is 3.39. The molecule has 2 aromatic rings. The van der Waals surface area contributed by atoms with Crippen LogP contribution in [0.4, 0.5) is 8.78 Å². The van der Waals surface area contributed by atoms with Crippen LogP contribution >= 0.6 is 0 Å². The second-order valence-corrected chi connectivity index (χ2v) is 10.2. The largest absolute Gasteiger partial charge is 0.490 e. The molecule has 0 amide bonds. The predicted molar refractivity (Wildman–Crippen MR) is 140 cm³/mol. The molecule has 0 N–H and O–H groups in total. The van der Waals surface area contributed by atoms with E-state index in [-0.39, 0.29) is 11.4 Å². The second-order valence-electron chi connectivity index (χ2n) is 10.2. The fraction of sp³-hybridized carbons (Fsp3) is 0.667. The first-order valence-electron chi connectivity index (χ1n) is 14.1. The Morgan fingerprint density at radius 3 is 2.20 bits per heavy atom. The Morgan fingerprint density at radius 2 is 1.46 bits per heavy atom. The number of aromatic nitrogens is 2. The van der Waals surface area contributed by atoms with Crippen molar-refractivity contribution < 1.29 is 13.5 Å². The highest BCUT2D eigenvalue weighted by Gasteiger charge is 2.17. The molecule has 1 aliphatic carbocycles. The van der Waals surface area contributed by atoms with Crippen LogP contribution in [-0.2, 0) is 6.42 Å². The molecule has 1 aromatic carbocycles. The molecule has 0 atom stereocenters. The molecule has 1 fully saturated rings. The molecule has 1 aromatic heterocycles. The average molecular weight is 487 g/mol. The molecule has 1 saturated carbocycles. The van der Waals surface area contributed by atoms with Crippen molar-refractivity contribution in [2.24, 2.45) is 5.92 Å². The Bertz CT molecular complexity index is 850. The molecule has 1 aliphatic rings. The monoisotopic (exact) mass is 486 g/mol. The molecule has 0 unspecified atom stereocenters. The maximum Gasteiger partial charge on any atom is 0.170 e. The second kappa shape index (κ2) is 15.9. The predicted octanol–water partition coefficient (Wildman–Crippen LogP) is 9.23. The maximum atomic E-state index is 14.7. The summed E-state index contributed by atoms with van der Waals surface area (Å²) in [6.07, 6.45) is 23.7. The van der Waals surface area contributed by atoms with Gasteiger partial charge < -0.3 is 4.74 Å². The van der Waals surface area contributed by atoms with E-state index >= 15 is 0 Å². The number of nitrogens with zero attached hydrogens (tertiary/aromatic N) is 2. The Labute approximate surface area is 211 Å². The van der Waals surface area contributed by atoms with E-state index in [9.17, 15) is 8.78 Å². The van der Waals surface area contributed by atoms with Crippen molar-refractivity contribution in [2.75, 3.05) is 6.61 Å². The van der Waals surface area contributed by atoms with Crippen LogP contribution in [0.1, 0.15) is 115 Å². The van der Waals surface area contributed by atoms with Gasteiger partial charge in [0.25, 0.3) is 0 Å². The van der Waals surface area contributed by atoms with Gasteiger partial charge in [-0.05, 0) is 36.8 Å². The molecular weight excluding hydrogens is 442 g/mol. The zero-order chi connectivity index (χ0) is 24.7. The first kappa shape index (κ1) is 27.5. The molecule has 0 aliphatic heterocycles. The topological polar surface area (TPSA) is 35.0 Å². The normalized spacial score (nSPS) is 14.0. The minimum atomic E-state index is -0.866. The fourth-order valence-corrected chi connectivity index (χ4v) is 5.14. The number of benzene rings is 1. The van der Waals surface area contributed by atoms with E-state index < -0.39 is 11.6 Å². The lowest BCUT2D eigenvalue weighted by Gasteiger charge is -2.09. The maximum absolute atomic E-state index is 14.7. The standard InChI is InChI=1S/C30H44F2N2O/c1-2-3-4-5-8-11-18-25-19-20-27(29(32)28(25)31)30-33-22-26(23-34-30)35-21-14-9-6-7-10-15-24-16-12-13-17-24/h19-20,22-24H,2-18,21H2,1H3. The van der Waals surface area contributed by atoms with Crippen LogP contribution in [0, 0.1) is 17.6 Å². The van der Waals surface area contributed by atoms with E-state index in [4.69, 9.17) is 4.74 Å². The van der Waals surface area contributed by atoms with Crippen LogP contribution < -0.4 is 4.74 Å². The minimum Gasteiger partial charge on any atom is -0.490 e. The smallest absolute Gasteiger partial charge is 0.170 e. The van der Waals surface area contributed by atoms with Gasteiger partial charge >= 0.3 is 0 Å². The highest BCUT2D eigenvalue weighted by molar-refractivity contribution is 5.57. The highest BCUT2D eigenvalue weighted by Crippen LogP contribution is 2.29. The molecule has 1 heterocycles. The quantitative estimate of drug-likeness (QED) is 0.209. The van der Waals surface area contributed by atoms with E-state index in [0.717, 1.165) is 31.6 Å². The van der Waals surface area contributed by atoms with Crippen molar-refractivity contribution in [2.45, 2.75) is 116 Å². The van der Waals surface area contributed by atoms with E-state index in [2.05, 4.69) is 16.9 Å². The van der Waals surface area contributed by atoms with Gasteiger partial charge in [0.1, 0.15) is 0 Å². The summed E-state index contributed by atoms with van der Waals surface area (Å²) in [5.41, 5.74) is 0.526.